The predicted molar refractivity (Wildman–Crippen MR) is 121 cm³/mol. The summed E-state index contributed by atoms with van der Waals surface area (Å²) in [4.78, 5) is 8.27. The molecule has 0 fully saturated rings. The van der Waals surface area contributed by atoms with Crippen molar-refractivity contribution in [1.82, 2.24) is 9.97 Å². The Morgan fingerprint density at radius 2 is 1.39 bits per heavy atom. The van der Waals surface area contributed by atoms with E-state index in [1.165, 1.54) is 10.6 Å². The lowest BCUT2D eigenvalue weighted by molar-refractivity contribution is 0.578. The van der Waals surface area contributed by atoms with Crippen molar-refractivity contribution in [1.29, 1.82) is 0 Å². The average Bonchev–Trinajstić information content (AvgIpc) is 3.28. The summed E-state index contributed by atoms with van der Waals surface area (Å²) in [5, 5.41) is 2.83. The van der Waals surface area contributed by atoms with E-state index < -0.39 is 7.92 Å². The van der Waals surface area contributed by atoms with Gasteiger partial charge in [-0.05, 0) is 49.0 Å². The standard InChI is InChI=1S/C25H25N2P/c1-25(2,24-17-9-15-23(27-24)22-16-10-18-26-22)19-28(20-11-5-3-6-12-20)21-13-7-4-8-14-21/h3-18,26H,19H2,1-2H3. The van der Waals surface area contributed by atoms with Crippen molar-refractivity contribution in [2.75, 3.05) is 6.16 Å². The molecule has 0 aliphatic rings. The minimum absolute atomic E-state index is 0.0417. The zero-order valence-corrected chi connectivity index (χ0v) is 17.2. The van der Waals surface area contributed by atoms with E-state index in [9.17, 15) is 0 Å². The van der Waals surface area contributed by atoms with Crippen molar-refractivity contribution in [3.8, 4) is 11.4 Å². The maximum Gasteiger partial charge on any atom is 0.0867 e. The summed E-state index contributed by atoms with van der Waals surface area (Å²) in [6.45, 7) is 4.63. The predicted octanol–water partition coefficient (Wildman–Crippen LogP) is 5.49. The average molecular weight is 384 g/mol. The van der Waals surface area contributed by atoms with E-state index in [1.807, 2.05) is 12.3 Å². The number of H-pyrrole nitrogens is 1. The van der Waals surface area contributed by atoms with Crippen LogP contribution in [0.15, 0.2) is 97.2 Å². The van der Waals surface area contributed by atoms with E-state index in [1.54, 1.807) is 0 Å². The quantitative estimate of drug-likeness (QED) is 0.438. The SMILES string of the molecule is CC(C)(CP(c1ccccc1)c1ccccc1)c1cccc(-c2ccc[nH]2)n1. The number of hydrogen-bond acceptors (Lipinski definition) is 1. The van der Waals surface area contributed by atoms with Gasteiger partial charge in [-0.3, -0.25) is 4.98 Å². The maximum atomic E-state index is 5.01. The molecule has 3 heteroatoms. The van der Waals surface area contributed by atoms with Crippen molar-refractivity contribution >= 4 is 18.5 Å². The van der Waals surface area contributed by atoms with Crippen molar-refractivity contribution in [3.05, 3.63) is 103 Å². The number of nitrogens with zero attached hydrogens (tertiary/aromatic N) is 1. The molecule has 2 aromatic heterocycles. The normalized spacial score (nSPS) is 11.7. The molecule has 2 nitrogen and oxygen atoms in total. The number of benzene rings is 2. The third-order valence-corrected chi connectivity index (χ3v) is 7.96. The van der Waals surface area contributed by atoms with Gasteiger partial charge in [0.25, 0.3) is 0 Å². The van der Waals surface area contributed by atoms with Crippen molar-refractivity contribution in [2.45, 2.75) is 19.3 Å². The Morgan fingerprint density at radius 3 is 1.96 bits per heavy atom. The molecule has 0 spiro atoms. The van der Waals surface area contributed by atoms with E-state index in [0.29, 0.717) is 0 Å². The van der Waals surface area contributed by atoms with Crippen LogP contribution in [0.3, 0.4) is 0 Å². The van der Waals surface area contributed by atoms with Crippen LogP contribution in [0.25, 0.3) is 11.4 Å². The van der Waals surface area contributed by atoms with Crippen LogP contribution in [0.2, 0.25) is 0 Å². The molecule has 0 bridgehead atoms. The summed E-state index contributed by atoms with van der Waals surface area (Å²) in [6.07, 6.45) is 3.00. The van der Waals surface area contributed by atoms with Crippen LogP contribution >= 0.6 is 7.92 Å². The minimum atomic E-state index is -0.465. The molecule has 1 N–H and O–H groups in total. The second-order valence-corrected chi connectivity index (χ2v) is 9.84. The number of nitrogens with one attached hydrogen (secondary N) is 1. The number of aromatic amines is 1. The van der Waals surface area contributed by atoms with E-state index in [-0.39, 0.29) is 5.41 Å². The Balaban J connectivity index is 1.69. The van der Waals surface area contributed by atoms with Gasteiger partial charge < -0.3 is 4.98 Å². The summed E-state index contributed by atoms with van der Waals surface area (Å²) in [5.41, 5.74) is 3.16. The molecule has 0 aliphatic carbocycles. The first kappa shape index (κ1) is 18.7. The van der Waals surface area contributed by atoms with Crippen LogP contribution in [0.5, 0.6) is 0 Å². The Bertz CT molecular complexity index is 969. The topological polar surface area (TPSA) is 28.7 Å². The molecule has 140 valence electrons. The molecule has 0 atom stereocenters. The highest BCUT2D eigenvalue weighted by atomic mass is 31.1. The number of hydrogen-bond donors (Lipinski definition) is 1. The summed E-state index contributed by atoms with van der Waals surface area (Å²) in [7, 11) is -0.465. The summed E-state index contributed by atoms with van der Waals surface area (Å²) in [5.74, 6) is 0. The highest BCUT2D eigenvalue weighted by Gasteiger charge is 2.28. The summed E-state index contributed by atoms with van der Waals surface area (Å²) in [6, 6.07) is 32.2. The number of pyridine rings is 1. The van der Waals surface area contributed by atoms with Gasteiger partial charge in [0.1, 0.15) is 0 Å². The second kappa shape index (κ2) is 8.12. The highest BCUT2D eigenvalue weighted by molar-refractivity contribution is 7.73. The Hall–Kier alpha value is -2.70. The van der Waals surface area contributed by atoms with Crippen molar-refractivity contribution in [3.63, 3.8) is 0 Å². The minimum Gasteiger partial charge on any atom is -0.360 e. The van der Waals surface area contributed by atoms with Gasteiger partial charge in [-0.2, -0.15) is 0 Å². The van der Waals surface area contributed by atoms with Gasteiger partial charge >= 0.3 is 0 Å². The molecule has 2 aromatic carbocycles. The van der Waals surface area contributed by atoms with E-state index in [2.05, 4.69) is 104 Å². The van der Waals surface area contributed by atoms with Crippen LogP contribution in [-0.4, -0.2) is 16.1 Å². The Morgan fingerprint density at radius 1 is 0.750 bits per heavy atom. The molecule has 2 heterocycles. The van der Waals surface area contributed by atoms with Crippen LogP contribution < -0.4 is 10.6 Å². The Kier molecular flexibility index (Phi) is 5.41. The zero-order valence-electron chi connectivity index (χ0n) is 16.3. The van der Waals surface area contributed by atoms with Gasteiger partial charge in [0.2, 0.25) is 0 Å². The lowest BCUT2D eigenvalue weighted by atomic mass is 9.91. The lowest BCUT2D eigenvalue weighted by Crippen LogP contribution is -2.28. The second-order valence-electron chi connectivity index (χ2n) is 7.63. The van der Waals surface area contributed by atoms with Crippen LogP contribution in [-0.2, 0) is 5.41 Å². The van der Waals surface area contributed by atoms with E-state index in [0.717, 1.165) is 23.2 Å². The molecule has 28 heavy (non-hydrogen) atoms. The number of aromatic nitrogens is 2. The first-order valence-corrected chi connectivity index (χ1v) is 11.2. The summed E-state index contributed by atoms with van der Waals surface area (Å²) >= 11 is 0. The van der Waals surface area contributed by atoms with Crippen LogP contribution in [0, 0.1) is 0 Å². The third-order valence-electron chi connectivity index (χ3n) is 5.01. The van der Waals surface area contributed by atoms with Crippen LogP contribution in [0.4, 0.5) is 0 Å². The fourth-order valence-electron chi connectivity index (χ4n) is 3.48. The fraction of sp³-hybridized carbons (Fsp3) is 0.160. The van der Waals surface area contributed by atoms with Gasteiger partial charge in [0.15, 0.2) is 0 Å². The van der Waals surface area contributed by atoms with Crippen molar-refractivity contribution < 1.29 is 0 Å². The monoisotopic (exact) mass is 384 g/mol. The molecule has 0 amide bonds. The maximum absolute atomic E-state index is 5.01. The van der Waals surface area contributed by atoms with E-state index >= 15 is 0 Å². The molecule has 4 aromatic rings. The van der Waals surface area contributed by atoms with Crippen LogP contribution in [0.1, 0.15) is 19.5 Å². The molecule has 0 unspecified atom stereocenters. The van der Waals surface area contributed by atoms with Gasteiger partial charge in [-0.25, -0.2) is 0 Å². The smallest absolute Gasteiger partial charge is 0.0867 e. The van der Waals surface area contributed by atoms with Gasteiger partial charge in [-0.1, -0.05) is 80.6 Å². The van der Waals surface area contributed by atoms with E-state index in [4.69, 9.17) is 4.98 Å². The zero-order chi connectivity index (χ0) is 19.4. The molecular formula is C25H25N2P. The summed E-state index contributed by atoms with van der Waals surface area (Å²) < 4.78 is 0. The molecule has 0 radical (unpaired) electrons. The largest absolute Gasteiger partial charge is 0.360 e. The molecular weight excluding hydrogens is 359 g/mol. The first-order valence-electron chi connectivity index (χ1n) is 9.62. The highest BCUT2D eigenvalue weighted by Crippen LogP contribution is 2.41. The molecule has 4 rings (SSSR count). The Labute approximate surface area is 168 Å². The first-order chi connectivity index (χ1) is 13.6. The molecule has 0 saturated heterocycles. The fourth-order valence-corrected chi connectivity index (χ4v) is 6.16. The molecule has 0 saturated carbocycles. The van der Waals surface area contributed by atoms with Gasteiger partial charge in [-0.15, -0.1) is 0 Å². The number of rotatable bonds is 6. The lowest BCUT2D eigenvalue weighted by Gasteiger charge is -2.30. The van der Waals surface area contributed by atoms with Crippen molar-refractivity contribution in [2.24, 2.45) is 0 Å². The third kappa shape index (κ3) is 4.08. The van der Waals surface area contributed by atoms with Gasteiger partial charge in [0, 0.05) is 17.3 Å². The molecule has 0 aliphatic heterocycles. The van der Waals surface area contributed by atoms with Gasteiger partial charge in [0.05, 0.1) is 11.4 Å².